The Kier molecular flexibility index (Phi) is 5.48. The molecule has 9 heteroatoms. The number of aryl methyl sites for hydroxylation is 1. The summed E-state index contributed by atoms with van der Waals surface area (Å²) in [5.41, 5.74) is -2.99. The van der Waals surface area contributed by atoms with Gasteiger partial charge in [0, 0.05) is 12.1 Å². The Morgan fingerprint density at radius 1 is 0.846 bits per heavy atom. The third-order valence-corrected chi connectivity index (χ3v) is 3.43. The van der Waals surface area contributed by atoms with E-state index in [1.807, 2.05) is 0 Å². The van der Waals surface area contributed by atoms with Crippen LogP contribution in [0.5, 0.6) is 5.75 Å². The van der Waals surface area contributed by atoms with Crippen LogP contribution < -0.4 is 4.74 Å². The molecular formula is C17H12F8O. The summed E-state index contributed by atoms with van der Waals surface area (Å²) in [6.07, 6.45) is -8.61. The van der Waals surface area contributed by atoms with Crippen molar-refractivity contribution in [2.75, 3.05) is 0 Å². The van der Waals surface area contributed by atoms with Gasteiger partial charge in [-0.3, -0.25) is 0 Å². The molecule has 2 aromatic carbocycles. The Bertz CT molecular complexity index is 775. The first kappa shape index (κ1) is 20.0. The molecule has 0 fully saturated rings. The van der Waals surface area contributed by atoms with E-state index in [0.717, 1.165) is 12.1 Å². The molecule has 26 heavy (non-hydrogen) atoms. The molecule has 1 nitrogen and oxygen atoms in total. The molecular weight excluding hydrogens is 372 g/mol. The van der Waals surface area contributed by atoms with Gasteiger partial charge in [-0.2, -0.15) is 22.0 Å². The van der Waals surface area contributed by atoms with Crippen LogP contribution in [0.1, 0.15) is 30.0 Å². The highest BCUT2D eigenvalue weighted by Crippen LogP contribution is 2.38. The third-order valence-electron chi connectivity index (χ3n) is 3.43. The van der Waals surface area contributed by atoms with Crippen molar-refractivity contribution < 1.29 is 39.9 Å². The van der Waals surface area contributed by atoms with E-state index in [0.29, 0.717) is 18.4 Å². The summed E-state index contributed by atoms with van der Waals surface area (Å²) in [6, 6.07) is 2.76. The van der Waals surface area contributed by atoms with Crippen molar-refractivity contribution in [3.05, 3.63) is 64.5 Å². The third kappa shape index (κ3) is 4.25. The topological polar surface area (TPSA) is 9.23 Å². The Balaban J connectivity index is 2.35. The van der Waals surface area contributed by atoms with E-state index >= 15 is 0 Å². The van der Waals surface area contributed by atoms with Crippen molar-refractivity contribution in [3.63, 3.8) is 0 Å². The van der Waals surface area contributed by atoms with Gasteiger partial charge in [0.2, 0.25) is 0 Å². The molecule has 0 aliphatic carbocycles. The fraction of sp³-hybridized carbons (Fsp3) is 0.294. The normalized spacial score (nSPS) is 12.3. The van der Waals surface area contributed by atoms with Crippen LogP contribution in [0, 0.1) is 17.5 Å². The van der Waals surface area contributed by atoms with Gasteiger partial charge in [-0.1, -0.05) is 19.4 Å². The summed E-state index contributed by atoms with van der Waals surface area (Å²) in [5.74, 6) is -6.77. The monoisotopic (exact) mass is 384 g/mol. The molecule has 0 saturated carbocycles. The number of ether oxygens (including phenoxy) is 1. The molecule has 0 amide bonds. The number of hydrogen-bond acceptors (Lipinski definition) is 1. The van der Waals surface area contributed by atoms with Crippen LogP contribution in [0.2, 0.25) is 0 Å². The highest BCUT2D eigenvalue weighted by molar-refractivity contribution is 5.34. The van der Waals surface area contributed by atoms with Gasteiger partial charge in [-0.25, -0.2) is 13.2 Å². The Morgan fingerprint density at radius 3 is 1.88 bits per heavy atom. The molecule has 0 bridgehead atoms. The maximum atomic E-state index is 14.1. The molecule has 2 aromatic rings. The van der Waals surface area contributed by atoms with Crippen LogP contribution in [0.4, 0.5) is 35.1 Å². The van der Waals surface area contributed by atoms with Crippen molar-refractivity contribution in [1.82, 2.24) is 0 Å². The predicted octanol–water partition coefficient (Wildman–Crippen LogP) is 6.20. The molecule has 0 aromatic heterocycles. The zero-order valence-electron chi connectivity index (χ0n) is 13.2. The van der Waals surface area contributed by atoms with E-state index in [1.54, 1.807) is 6.92 Å². The Morgan fingerprint density at radius 2 is 1.42 bits per heavy atom. The summed E-state index contributed by atoms with van der Waals surface area (Å²) < 4.78 is 110. The van der Waals surface area contributed by atoms with E-state index in [9.17, 15) is 35.1 Å². The molecule has 0 unspecified atom stereocenters. The van der Waals surface area contributed by atoms with Gasteiger partial charge in [-0.05, 0) is 24.1 Å². The van der Waals surface area contributed by atoms with Crippen LogP contribution in [-0.2, 0) is 18.7 Å². The first-order chi connectivity index (χ1) is 12.0. The van der Waals surface area contributed by atoms with Crippen LogP contribution in [0.15, 0.2) is 30.3 Å². The van der Waals surface area contributed by atoms with Crippen LogP contribution in [-0.4, -0.2) is 0 Å². The van der Waals surface area contributed by atoms with Crippen molar-refractivity contribution in [3.8, 4) is 5.75 Å². The second-order valence-corrected chi connectivity index (χ2v) is 5.44. The van der Waals surface area contributed by atoms with Crippen LogP contribution in [0.25, 0.3) is 0 Å². The highest BCUT2D eigenvalue weighted by Gasteiger charge is 2.41. The van der Waals surface area contributed by atoms with E-state index in [-0.39, 0.29) is 12.1 Å². The maximum absolute atomic E-state index is 14.1. The van der Waals surface area contributed by atoms with Gasteiger partial charge in [-0.15, -0.1) is 0 Å². The lowest BCUT2D eigenvalue weighted by Crippen LogP contribution is -2.24. The largest absolute Gasteiger partial charge is 0.429 e. The molecule has 0 spiro atoms. The summed E-state index contributed by atoms with van der Waals surface area (Å²) >= 11 is 0. The van der Waals surface area contributed by atoms with Gasteiger partial charge >= 0.3 is 12.3 Å². The molecule has 0 atom stereocenters. The first-order valence-corrected chi connectivity index (χ1v) is 7.37. The molecule has 2 rings (SSSR count). The maximum Gasteiger partial charge on any atom is 0.429 e. The van der Waals surface area contributed by atoms with Gasteiger partial charge in [0.15, 0.2) is 0 Å². The summed E-state index contributed by atoms with van der Waals surface area (Å²) in [4.78, 5) is 0. The lowest BCUT2D eigenvalue weighted by molar-refractivity contribution is -0.187. The van der Waals surface area contributed by atoms with Gasteiger partial charge < -0.3 is 4.74 Å². The van der Waals surface area contributed by atoms with E-state index in [2.05, 4.69) is 4.74 Å². The average Bonchev–Trinajstić information content (AvgIpc) is 2.44. The fourth-order valence-electron chi connectivity index (χ4n) is 2.32. The standard InChI is InChI=1S/C17H12F8O/c1-2-3-9-4-5-11(12(18)6-9)17(24,25)26-10-7-13(19)15(14(20)8-10)16(21,22)23/h4-8H,2-3H2,1H3. The second-order valence-electron chi connectivity index (χ2n) is 5.44. The minimum absolute atomic E-state index is 0.0385. The van der Waals surface area contributed by atoms with Crippen molar-refractivity contribution >= 4 is 0 Å². The fourth-order valence-corrected chi connectivity index (χ4v) is 2.32. The Hall–Kier alpha value is -2.32. The molecule has 0 radical (unpaired) electrons. The number of halogens is 8. The molecule has 0 aliphatic rings. The van der Waals surface area contributed by atoms with E-state index in [1.165, 1.54) is 6.07 Å². The minimum atomic E-state index is -5.35. The van der Waals surface area contributed by atoms with Crippen molar-refractivity contribution in [1.29, 1.82) is 0 Å². The first-order valence-electron chi connectivity index (χ1n) is 7.37. The second kappa shape index (κ2) is 7.13. The molecule has 0 N–H and O–H groups in total. The summed E-state index contributed by atoms with van der Waals surface area (Å²) in [6.45, 7) is 1.80. The lowest BCUT2D eigenvalue weighted by Gasteiger charge is -2.20. The van der Waals surface area contributed by atoms with E-state index in [4.69, 9.17) is 0 Å². The number of alkyl halides is 5. The van der Waals surface area contributed by atoms with Crippen LogP contribution >= 0.6 is 0 Å². The number of rotatable bonds is 5. The minimum Gasteiger partial charge on any atom is -0.429 e. The number of hydrogen-bond donors (Lipinski definition) is 0. The smallest absolute Gasteiger partial charge is 0.429 e. The van der Waals surface area contributed by atoms with Gasteiger partial charge in [0.1, 0.15) is 28.8 Å². The molecule has 0 saturated heterocycles. The number of benzene rings is 2. The average molecular weight is 384 g/mol. The summed E-state index contributed by atoms with van der Waals surface area (Å²) in [7, 11) is 0. The Labute approximate surface area is 143 Å². The van der Waals surface area contributed by atoms with E-state index < -0.39 is 46.6 Å². The van der Waals surface area contributed by atoms with Crippen LogP contribution in [0.3, 0.4) is 0 Å². The SMILES string of the molecule is CCCc1ccc(C(F)(F)Oc2cc(F)c(C(F)(F)F)c(F)c2)c(F)c1. The predicted molar refractivity (Wildman–Crippen MR) is 76.3 cm³/mol. The highest BCUT2D eigenvalue weighted by atomic mass is 19.4. The lowest BCUT2D eigenvalue weighted by atomic mass is 10.1. The van der Waals surface area contributed by atoms with Crippen molar-refractivity contribution in [2.45, 2.75) is 32.1 Å². The van der Waals surface area contributed by atoms with Gasteiger partial charge in [0.05, 0.1) is 5.56 Å². The molecule has 0 heterocycles. The quantitative estimate of drug-likeness (QED) is 0.558. The summed E-state index contributed by atoms with van der Waals surface area (Å²) in [5, 5.41) is 0. The molecule has 0 aliphatic heterocycles. The van der Waals surface area contributed by atoms with Crippen molar-refractivity contribution in [2.24, 2.45) is 0 Å². The zero-order chi connectivity index (χ0) is 19.7. The molecule has 142 valence electrons. The zero-order valence-corrected chi connectivity index (χ0v) is 13.2. The van der Waals surface area contributed by atoms with Gasteiger partial charge in [0.25, 0.3) is 0 Å².